The van der Waals surface area contributed by atoms with Gasteiger partial charge < -0.3 is 15.2 Å². The number of nitrogen functional groups attached to an aromatic ring is 1. The number of ether oxygens (including phenoxy) is 2. The highest BCUT2D eigenvalue weighted by Crippen LogP contribution is 2.26. The number of carbonyl (C=O) groups is 1. The van der Waals surface area contributed by atoms with Gasteiger partial charge in [0.15, 0.2) is 0 Å². The lowest BCUT2D eigenvalue weighted by molar-refractivity contribution is -0.131. The van der Waals surface area contributed by atoms with Gasteiger partial charge in [-0.25, -0.2) is 0 Å². The zero-order valence-corrected chi connectivity index (χ0v) is 7.53. The van der Waals surface area contributed by atoms with Crippen LogP contribution in [0.3, 0.4) is 0 Å². The van der Waals surface area contributed by atoms with Gasteiger partial charge in [0.2, 0.25) is 0 Å². The highest BCUT2D eigenvalue weighted by Gasteiger charge is 2.03. The standard InChI is InChI=1S/C9H11NO3/c1-6(11)13-7-3-4-8(10)9(5-7)12-2/h3-5H,10H2,1-2H3. The molecule has 0 aliphatic rings. The number of methoxy groups -OCH3 is 1. The molecule has 0 aliphatic carbocycles. The van der Waals surface area contributed by atoms with Crippen LogP contribution in [0.5, 0.6) is 11.5 Å². The number of esters is 1. The van der Waals surface area contributed by atoms with Crippen LogP contribution in [0.2, 0.25) is 0 Å². The van der Waals surface area contributed by atoms with Crippen molar-refractivity contribution in [2.24, 2.45) is 0 Å². The number of benzene rings is 1. The maximum Gasteiger partial charge on any atom is 0.308 e. The molecule has 2 N–H and O–H groups in total. The fourth-order valence-corrected chi connectivity index (χ4v) is 0.921. The minimum Gasteiger partial charge on any atom is -0.494 e. The van der Waals surface area contributed by atoms with E-state index in [4.69, 9.17) is 15.2 Å². The molecule has 0 atom stereocenters. The van der Waals surface area contributed by atoms with E-state index in [9.17, 15) is 4.79 Å². The third-order valence-corrected chi connectivity index (χ3v) is 1.47. The van der Waals surface area contributed by atoms with Crippen LogP contribution in [0.15, 0.2) is 18.2 Å². The lowest BCUT2D eigenvalue weighted by Crippen LogP contribution is -2.02. The first-order valence-corrected chi connectivity index (χ1v) is 3.75. The second-order valence-electron chi connectivity index (χ2n) is 2.50. The molecule has 70 valence electrons. The van der Waals surface area contributed by atoms with Crippen LogP contribution >= 0.6 is 0 Å². The van der Waals surface area contributed by atoms with Crippen molar-refractivity contribution in [3.8, 4) is 11.5 Å². The van der Waals surface area contributed by atoms with Gasteiger partial charge in [0.1, 0.15) is 11.5 Å². The molecular formula is C9H11NO3. The number of hydrogen-bond donors (Lipinski definition) is 1. The normalized spacial score (nSPS) is 9.38. The summed E-state index contributed by atoms with van der Waals surface area (Å²) in [4.78, 5) is 10.6. The molecule has 13 heavy (non-hydrogen) atoms. The Labute approximate surface area is 76.3 Å². The van der Waals surface area contributed by atoms with E-state index in [0.717, 1.165) is 0 Å². The Morgan fingerprint density at radius 1 is 1.46 bits per heavy atom. The molecule has 0 spiro atoms. The largest absolute Gasteiger partial charge is 0.494 e. The molecule has 4 nitrogen and oxygen atoms in total. The van der Waals surface area contributed by atoms with E-state index in [0.29, 0.717) is 17.2 Å². The minimum atomic E-state index is -0.369. The number of nitrogens with two attached hydrogens (primary N) is 1. The zero-order chi connectivity index (χ0) is 9.84. The predicted molar refractivity (Wildman–Crippen MR) is 48.7 cm³/mol. The van der Waals surface area contributed by atoms with Gasteiger partial charge in [0.25, 0.3) is 0 Å². The molecule has 0 aromatic heterocycles. The molecule has 4 heteroatoms. The molecule has 0 unspecified atom stereocenters. The van der Waals surface area contributed by atoms with Crippen LogP contribution in [0.1, 0.15) is 6.92 Å². The summed E-state index contributed by atoms with van der Waals surface area (Å²) in [6.45, 7) is 1.34. The van der Waals surface area contributed by atoms with Crippen LogP contribution in [0, 0.1) is 0 Å². The quantitative estimate of drug-likeness (QED) is 0.423. The maximum atomic E-state index is 10.6. The van der Waals surface area contributed by atoms with Crippen LogP contribution < -0.4 is 15.2 Å². The summed E-state index contributed by atoms with van der Waals surface area (Å²) < 4.78 is 9.79. The Hall–Kier alpha value is -1.71. The third-order valence-electron chi connectivity index (χ3n) is 1.47. The number of anilines is 1. The zero-order valence-electron chi connectivity index (χ0n) is 7.53. The fraction of sp³-hybridized carbons (Fsp3) is 0.222. The van der Waals surface area contributed by atoms with Gasteiger partial charge in [-0.05, 0) is 12.1 Å². The summed E-state index contributed by atoms with van der Waals surface area (Å²) in [6, 6.07) is 4.80. The van der Waals surface area contributed by atoms with Gasteiger partial charge in [-0.15, -0.1) is 0 Å². The molecule has 0 heterocycles. The first-order valence-electron chi connectivity index (χ1n) is 3.75. The van der Waals surface area contributed by atoms with E-state index >= 15 is 0 Å². The van der Waals surface area contributed by atoms with E-state index in [1.54, 1.807) is 18.2 Å². The Morgan fingerprint density at radius 3 is 2.69 bits per heavy atom. The van der Waals surface area contributed by atoms with Gasteiger partial charge in [-0.2, -0.15) is 0 Å². The Morgan fingerprint density at radius 2 is 2.15 bits per heavy atom. The first-order chi connectivity index (χ1) is 6.13. The summed E-state index contributed by atoms with van der Waals surface area (Å²) in [6.07, 6.45) is 0. The Balaban J connectivity index is 2.92. The monoisotopic (exact) mass is 181 g/mol. The summed E-state index contributed by atoms with van der Waals surface area (Å²) >= 11 is 0. The molecular weight excluding hydrogens is 170 g/mol. The van der Waals surface area contributed by atoms with Crippen molar-refractivity contribution < 1.29 is 14.3 Å². The highest BCUT2D eigenvalue weighted by atomic mass is 16.5. The summed E-state index contributed by atoms with van der Waals surface area (Å²) in [5, 5.41) is 0. The van der Waals surface area contributed by atoms with E-state index in [1.807, 2.05) is 0 Å². The molecule has 1 aromatic rings. The summed E-state index contributed by atoms with van der Waals surface area (Å²) in [5.74, 6) is 0.559. The maximum absolute atomic E-state index is 10.6. The van der Waals surface area contributed by atoms with Gasteiger partial charge in [0, 0.05) is 13.0 Å². The second kappa shape index (κ2) is 3.80. The van der Waals surface area contributed by atoms with Crippen molar-refractivity contribution >= 4 is 11.7 Å². The topological polar surface area (TPSA) is 61.5 Å². The smallest absolute Gasteiger partial charge is 0.308 e. The van der Waals surface area contributed by atoms with Crippen molar-refractivity contribution in [3.05, 3.63) is 18.2 Å². The minimum absolute atomic E-state index is 0.369. The molecule has 0 amide bonds. The second-order valence-corrected chi connectivity index (χ2v) is 2.50. The van der Waals surface area contributed by atoms with E-state index in [1.165, 1.54) is 14.0 Å². The summed E-state index contributed by atoms with van der Waals surface area (Å²) in [5.41, 5.74) is 6.08. The number of rotatable bonds is 2. The van der Waals surface area contributed by atoms with Crippen molar-refractivity contribution in [2.45, 2.75) is 6.92 Å². The molecule has 0 bridgehead atoms. The van der Waals surface area contributed by atoms with E-state index in [2.05, 4.69) is 0 Å². The predicted octanol–water partition coefficient (Wildman–Crippen LogP) is 1.20. The Bertz CT molecular complexity index is 323. The van der Waals surface area contributed by atoms with Crippen LogP contribution in [0.25, 0.3) is 0 Å². The summed E-state index contributed by atoms with van der Waals surface area (Å²) in [7, 11) is 1.50. The third kappa shape index (κ3) is 2.37. The van der Waals surface area contributed by atoms with Crippen LogP contribution in [-0.2, 0) is 4.79 Å². The van der Waals surface area contributed by atoms with Crippen molar-refractivity contribution in [2.75, 3.05) is 12.8 Å². The van der Waals surface area contributed by atoms with Gasteiger partial charge in [-0.3, -0.25) is 4.79 Å². The van der Waals surface area contributed by atoms with Crippen molar-refractivity contribution in [1.82, 2.24) is 0 Å². The van der Waals surface area contributed by atoms with Crippen molar-refractivity contribution in [3.63, 3.8) is 0 Å². The molecule has 1 rings (SSSR count). The average Bonchev–Trinajstić information content (AvgIpc) is 2.07. The van der Waals surface area contributed by atoms with Crippen molar-refractivity contribution in [1.29, 1.82) is 0 Å². The lowest BCUT2D eigenvalue weighted by Gasteiger charge is -2.06. The van der Waals surface area contributed by atoms with Crippen LogP contribution in [0.4, 0.5) is 5.69 Å². The number of carbonyl (C=O) groups excluding carboxylic acids is 1. The Kier molecular flexibility index (Phi) is 2.74. The SMILES string of the molecule is COc1cc(OC(C)=O)ccc1N. The van der Waals surface area contributed by atoms with E-state index < -0.39 is 0 Å². The lowest BCUT2D eigenvalue weighted by atomic mass is 10.3. The molecule has 0 saturated carbocycles. The molecule has 0 aliphatic heterocycles. The highest BCUT2D eigenvalue weighted by molar-refractivity contribution is 5.70. The molecule has 0 saturated heterocycles. The number of hydrogen-bond acceptors (Lipinski definition) is 4. The van der Waals surface area contributed by atoms with E-state index in [-0.39, 0.29) is 5.97 Å². The molecule has 0 radical (unpaired) electrons. The first kappa shape index (κ1) is 9.38. The van der Waals surface area contributed by atoms with Gasteiger partial charge in [-0.1, -0.05) is 0 Å². The molecule has 0 fully saturated rings. The fourth-order valence-electron chi connectivity index (χ4n) is 0.921. The van der Waals surface area contributed by atoms with Gasteiger partial charge >= 0.3 is 5.97 Å². The van der Waals surface area contributed by atoms with Gasteiger partial charge in [0.05, 0.1) is 12.8 Å². The van der Waals surface area contributed by atoms with Crippen LogP contribution in [-0.4, -0.2) is 13.1 Å². The average molecular weight is 181 g/mol. The molecule has 1 aromatic carbocycles.